The van der Waals surface area contributed by atoms with Gasteiger partial charge < -0.3 is 13.7 Å². The van der Waals surface area contributed by atoms with Gasteiger partial charge in [-0.1, -0.05) is 23.9 Å². The van der Waals surface area contributed by atoms with Gasteiger partial charge in [0.1, 0.15) is 17.8 Å². The molecule has 0 fully saturated rings. The molecule has 0 bridgehead atoms. The highest BCUT2D eigenvalue weighted by Crippen LogP contribution is 2.24. The molecule has 0 spiro atoms. The Labute approximate surface area is 144 Å². The molecular weight excluding hydrogens is 357 g/mol. The second kappa shape index (κ2) is 7.22. The quantitative estimate of drug-likeness (QED) is 0.612. The van der Waals surface area contributed by atoms with Gasteiger partial charge in [-0.2, -0.15) is 13.2 Å². The summed E-state index contributed by atoms with van der Waals surface area (Å²) < 4.78 is 48.7. The molecule has 132 valence electrons. The fraction of sp³-hybridized carbons (Fsp3) is 0.250. The zero-order valence-electron chi connectivity index (χ0n) is 12.8. The fourth-order valence-corrected chi connectivity index (χ4v) is 2.91. The average molecular weight is 370 g/mol. The summed E-state index contributed by atoms with van der Waals surface area (Å²) in [5.74, 6) is -0.616. The molecule has 3 aromatic rings. The van der Waals surface area contributed by atoms with E-state index in [4.69, 9.17) is 8.83 Å². The highest BCUT2D eigenvalue weighted by molar-refractivity contribution is 7.99. The second-order valence-corrected chi connectivity index (χ2v) is 6.11. The first kappa shape index (κ1) is 17.4. The second-order valence-electron chi connectivity index (χ2n) is 5.18. The number of furan rings is 1. The molecule has 0 aliphatic rings. The van der Waals surface area contributed by atoms with E-state index in [9.17, 15) is 18.0 Å². The maximum Gasteiger partial charge on any atom is 0.406 e. The van der Waals surface area contributed by atoms with Crippen LogP contribution in [0.1, 0.15) is 5.76 Å². The van der Waals surface area contributed by atoms with E-state index in [0.717, 1.165) is 11.8 Å². The van der Waals surface area contributed by atoms with Gasteiger partial charge in [-0.3, -0.25) is 4.79 Å². The van der Waals surface area contributed by atoms with Gasteiger partial charge in [0.25, 0.3) is 5.22 Å². The van der Waals surface area contributed by atoms with Crippen LogP contribution in [0.15, 0.2) is 56.7 Å². The van der Waals surface area contributed by atoms with E-state index in [-0.39, 0.29) is 23.3 Å². The maximum absolute atomic E-state index is 12.7. The van der Waals surface area contributed by atoms with Gasteiger partial charge in [0.15, 0.2) is 5.58 Å². The molecule has 9 heteroatoms. The molecule has 2 heterocycles. The number of carbonyl (C=O) groups excluding carboxylic acids is 1. The summed E-state index contributed by atoms with van der Waals surface area (Å²) in [4.78, 5) is 17.1. The van der Waals surface area contributed by atoms with Crippen molar-refractivity contribution in [1.82, 2.24) is 9.88 Å². The van der Waals surface area contributed by atoms with Crippen LogP contribution in [0.2, 0.25) is 0 Å². The third kappa shape index (κ3) is 4.79. The number of aromatic nitrogens is 1. The van der Waals surface area contributed by atoms with Gasteiger partial charge >= 0.3 is 6.18 Å². The molecule has 25 heavy (non-hydrogen) atoms. The van der Waals surface area contributed by atoms with Crippen molar-refractivity contribution in [1.29, 1.82) is 0 Å². The van der Waals surface area contributed by atoms with Crippen LogP contribution < -0.4 is 0 Å². The van der Waals surface area contributed by atoms with Crippen LogP contribution in [0.4, 0.5) is 13.2 Å². The van der Waals surface area contributed by atoms with E-state index in [0.29, 0.717) is 16.0 Å². The van der Waals surface area contributed by atoms with Crippen LogP contribution in [0.5, 0.6) is 0 Å². The Kier molecular flexibility index (Phi) is 5.03. The first-order valence-electron chi connectivity index (χ1n) is 7.26. The smallest absolute Gasteiger partial charge is 0.406 e. The normalized spacial score (nSPS) is 11.8. The molecule has 0 radical (unpaired) electrons. The number of hydrogen-bond donors (Lipinski definition) is 0. The van der Waals surface area contributed by atoms with Crippen LogP contribution in [0.25, 0.3) is 11.1 Å². The van der Waals surface area contributed by atoms with Gasteiger partial charge in [0.05, 0.1) is 18.6 Å². The number of amides is 1. The largest absolute Gasteiger partial charge is 0.467 e. The monoisotopic (exact) mass is 370 g/mol. The number of benzene rings is 1. The van der Waals surface area contributed by atoms with Gasteiger partial charge in [-0.15, -0.1) is 0 Å². The Balaban J connectivity index is 1.66. The maximum atomic E-state index is 12.7. The van der Waals surface area contributed by atoms with Crippen molar-refractivity contribution in [2.75, 3.05) is 12.3 Å². The number of nitrogens with zero attached hydrogens (tertiary/aromatic N) is 2. The Bertz CT molecular complexity index is 813. The molecule has 0 aliphatic heterocycles. The molecule has 0 atom stereocenters. The highest BCUT2D eigenvalue weighted by Gasteiger charge is 2.33. The summed E-state index contributed by atoms with van der Waals surface area (Å²) in [6.07, 6.45) is -3.15. The number of fused-ring (bicyclic) bond motifs is 1. The van der Waals surface area contributed by atoms with Crippen molar-refractivity contribution < 1.29 is 26.8 Å². The molecule has 0 unspecified atom stereocenters. The molecule has 3 rings (SSSR count). The summed E-state index contributed by atoms with van der Waals surface area (Å²) in [7, 11) is 0. The average Bonchev–Trinajstić information content (AvgIpc) is 3.19. The van der Waals surface area contributed by atoms with E-state index < -0.39 is 18.6 Å². The van der Waals surface area contributed by atoms with Crippen molar-refractivity contribution in [2.45, 2.75) is 17.9 Å². The lowest BCUT2D eigenvalue weighted by Gasteiger charge is -2.22. The van der Waals surface area contributed by atoms with E-state index in [2.05, 4.69) is 4.98 Å². The number of para-hydroxylation sites is 2. The van der Waals surface area contributed by atoms with Crippen molar-refractivity contribution in [3.63, 3.8) is 0 Å². The van der Waals surface area contributed by atoms with Gasteiger partial charge in [0, 0.05) is 0 Å². The van der Waals surface area contributed by atoms with Gasteiger partial charge in [-0.05, 0) is 24.3 Å². The topological polar surface area (TPSA) is 59.5 Å². The number of carbonyl (C=O) groups is 1. The minimum absolute atomic E-state index is 0.219. The molecular formula is C16H13F3N2O3S. The molecule has 5 nitrogen and oxygen atoms in total. The lowest BCUT2D eigenvalue weighted by atomic mass is 10.3. The van der Waals surface area contributed by atoms with Crippen LogP contribution in [-0.2, 0) is 11.3 Å². The minimum Gasteiger partial charge on any atom is -0.467 e. The number of halogens is 3. The summed E-state index contributed by atoms with van der Waals surface area (Å²) >= 11 is 0.954. The third-order valence-corrected chi connectivity index (χ3v) is 4.06. The van der Waals surface area contributed by atoms with Gasteiger partial charge in [0.2, 0.25) is 5.91 Å². The zero-order chi connectivity index (χ0) is 17.9. The molecule has 1 amide bonds. The molecule has 1 aromatic carbocycles. The number of hydrogen-bond acceptors (Lipinski definition) is 5. The Morgan fingerprint density at radius 2 is 2.00 bits per heavy atom. The summed E-state index contributed by atoms with van der Waals surface area (Å²) in [6, 6.07) is 10.1. The molecule has 0 N–H and O–H groups in total. The van der Waals surface area contributed by atoms with Crippen molar-refractivity contribution >= 4 is 28.8 Å². The van der Waals surface area contributed by atoms with Crippen molar-refractivity contribution in [3.05, 3.63) is 48.4 Å². The fourth-order valence-electron chi connectivity index (χ4n) is 2.17. The van der Waals surface area contributed by atoms with Crippen LogP contribution in [-0.4, -0.2) is 34.3 Å². The molecule has 2 aromatic heterocycles. The number of rotatable bonds is 6. The summed E-state index contributed by atoms with van der Waals surface area (Å²) in [5.41, 5.74) is 1.18. The molecule has 0 saturated heterocycles. The highest BCUT2D eigenvalue weighted by atomic mass is 32.2. The SMILES string of the molecule is O=C(CSc1nc2ccccc2o1)N(Cc1ccco1)CC(F)(F)F. The lowest BCUT2D eigenvalue weighted by molar-refractivity contribution is -0.161. The Hall–Kier alpha value is -2.42. The van der Waals surface area contributed by atoms with Crippen LogP contribution >= 0.6 is 11.8 Å². The first-order chi connectivity index (χ1) is 11.9. The summed E-state index contributed by atoms with van der Waals surface area (Å²) in [6.45, 7) is -1.60. The number of oxazole rings is 1. The van der Waals surface area contributed by atoms with Crippen LogP contribution in [0, 0.1) is 0 Å². The van der Waals surface area contributed by atoms with Crippen molar-refractivity contribution in [3.8, 4) is 0 Å². The van der Waals surface area contributed by atoms with E-state index >= 15 is 0 Å². The standard InChI is InChI=1S/C16H13F3N2O3S/c17-16(18,19)10-21(8-11-4-3-7-23-11)14(22)9-25-15-20-12-5-1-2-6-13(12)24-15/h1-7H,8-10H2. The van der Waals surface area contributed by atoms with E-state index in [1.165, 1.54) is 12.3 Å². The first-order valence-corrected chi connectivity index (χ1v) is 8.24. The van der Waals surface area contributed by atoms with Crippen molar-refractivity contribution in [2.24, 2.45) is 0 Å². The predicted molar refractivity (Wildman–Crippen MR) is 84.9 cm³/mol. The summed E-state index contributed by atoms with van der Waals surface area (Å²) in [5, 5.41) is 0.236. The third-order valence-electron chi connectivity index (χ3n) is 3.24. The van der Waals surface area contributed by atoms with E-state index in [1.54, 1.807) is 30.3 Å². The van der Waals surface area contributed by atoms with E-state index in [1.807, 2.05) is 0 Å². The Morgan fingerprint density at radius 3 is 2.68 bits per heavy atom. The predicted octanol–water partition coefficient (Wildman–Crippen LogP) is 4.10. The van der Waals surface area contributed by atoms with Gasteiger partial charge in [-0.25, -0.2) is 4.98 Å². The lowest BCUT2D eigenvalue weighted by Crippen LogP contribution is -2.39. The van der Waals surface area contributed by atoms with Crippen LogP contribution in [0.3, 0.4) is 0 Å². The zero-order valence-corrected chi connectivity index (χ0v) is 13.6. The Morgan fingerprint density at radius 1 is 1.20 bits per heavy atom. The number of alkyl halides is 3. The molecule has 0 saturated carbocycles. The molecule has 0 aliphatic carbocycles. The minimum atomic E-state index is -4.50. The number of thioether (sulfide) groups is 1.